The largest absolute Gasteiger partial charge is 0.400 e. The molecule has 0 saturated heterocycles. The summed E-state index contributed by atoms with van der Waals surface area (Å²) in [5.41, 5.74) is 2.26. The molecule has 0 spiro atoms. The van der Waals surface area contributed by atoms with Gasteiger partial charge in [-0.25, -0.2) is 19.3 Å². The average Bonchev–Trinajstić information content (AvgIpc) is 3.21. The number of alkyl halides is 3. The second-order valence-corrected chi connectivity index (χ2v) is 8.10. The van der Waals surface area contributed by atoms with Crippen LogP contribution < -0.4 is 16.4 Å². The summed E-state index contributed by atoms with van der Waals surface area (Å²) in [6.45, 7) is 0. The number of nitrogens with two attached hydrogens (primary N) is 1. The first-order valence-corrected chi connectivity index (χ1v) is 10.3. The number of fused-ring (bicyclic) bond motifs is 1. The van der Waals surface area contributed by atoms with Crippen molar-refractivity contribution in [3.05, 3.63) is 53.3 Å². The van der Waals surface area contributed by atoms with Crippen molar-refractivity contribution in [1.82, 2.24) is 34.6 Å². The van der Waals surface area contributed by atoms with Gasteiger partial charge in [-0.1, -0.05) is 11.6 Å². The van der Waals surface area contributed by atoms with E-state index < -0.39 is 23.5 Å². The smallest absolute Gasteiger partial charge is 0.364 e. The summed E-state index contributed by atoms with van der Waals surface area (Å²) >= 11 is 6.18. The lowest BCUT2D eigenvalue weighted by atomic mass is 10.00. The van der Waals surface area contributed by atoms with Crippen molar-refractivity contribution in [2.24, 2.45) is 5.73 Å². The summed E-state index contributed by atoms with van der Waals surface area (Å²) in [6.07, 6.45) is 0.123. The van der Waals surface area contributed by atoms with Gasteiger partial charge in [-0.15, -0.1) is 4.80 Å². The Labute approximate surface area is 198 Å². The molecule has 180 valence electrons. The van der Waals surface area contributed by atoms with Crippen LogP contribution in [0, 0.1) is 0 Å². The van der Waals surface area contributed by atoms with Crippen LogP contribution in [-0.2, 0) is 5.41 Å². The van der Waals surface area contributed by atoms with Crippen LogP contribution in [0.3, 0.4) is 0 Å². The van der Waals surface area contributed by atoms with Crippen molar-refractivity contribution >= 4 is 40.6 Å². The Morgan fingerprint density at radius 1 is 1.09 bits per heavy atom. The lowest BCUT2D eigenvalue weighted by Gasteiger charge is -2.23. The van der Waals surface area contributed by atoms with Crippen LogP contribution in [0.5, 0.6) is 0 Å². The number of aromatic nitrogens is 7. The van der Waals surface area contributed by atoms with Crippen molar-refractivity contribution in [3.8, 4) is 5.82 Å². The van der Waals surface area contributed by atoms with E-state index in [1.165, 1.54) is 35.5 Å². The number of primary amides is 1. The van der Waals surface area contributed by atoms with Gasteiger partial charge in [0.05, 0.1) is 46.9 Å². The van der Waals surface area contributed by atoms with Crippen molar-refractivity contribution in [1.29, 1.82) is 0 Å². The maximum Gasteiger partial charge on any atom is 0.400 e. The molecule has 0 atom stereocenters. The van der Waals surface area contributed by atoms with Crippen molar-refractivity contribution in [2.75, 3.05) is 10.6 Å². The molecule has 4 aromatic rings. The summed E-state index contributed by atoms with van der Waals surface area (Å²) in [6, 6.07) is 1.67. The summed E-state index contributed by atoms with van der Waals surface area (Å²) in [5.74, 6) is -0.715. The standard InChI is InChI=1S/C19H14ClF3N10O2/c20-10-5-9(7-26-16(10)33-27-3-4-28-33)29-17(35)30-12-8-25-13-6-11(15(24)34)31-32(13)14(12)18(1-2-18)19(21,22)23/h3-8H,1-2H2,(H2,24,34)(H2,29,30,35). The summed E-state index contributed by atoms with van der Waals surface area (Å²) in [5, 5.41) is 16.7. The van der Waals surface area contributed by atoms with Gasteiger partial charge in [0.15, 0.2) is 17.2 Å². The van der Waals surface area contributed by atoms with Gasteiger partial charge < -0.3 is 16.4 Å². The first-order chi connectivity index (χ1) is 16.6. The minimum atomic E-state index is -4.64. The Morgan fingerprint density at radius 2 is 1.80 bits per heavy atom. The van der Waals surface area contributed by atoms with Crippen LogP contribution >= 0.6 is 11.6 Å². The van der Waals surface area contributed by atoms with E-state index in [1.54, 1.807) is 0 Å². The number of pyridine rings is 1. The van der Waals surface area contributed by atoms with Crippen LogP contribution in [0.2, 0.25) is 5.02 Å². The van der Waals surface area contributed by atoms with Gasteiger partial charge in [0, 0.05) is 6.07 Å². The number of halogens is 4. The number of nitrogens with one attached hydrogen (secondary N) is 2. The number of hydrogen-bond acceptors (Lipinski definition) is 7. The first-order valence-electron chi connectivity index (χ1n) is 9.95. The molecule has 16 heteroatoms. The fourth-order valence-electron chi connectivity index (χ4n) is 3.64. The number of carbonyl (C=O) groups is 2. The minimum Gasteiger partial charge on any atom is -0.364 e. The quantitative estimate of drug-likeness (QED) is 0.375. The number of urea groups is 1. The molecular weight excluding hydrogens is 493 g/mol. The molecule has 0 radical (unpaired) electrons. The fourth-order valence-corrected chi connectivity index (χ4v) is 3.88. The molecule has 4 heterocycles. The first kappa shape index (κ1) is 22.5. The highest BCUT2D eigenvalue weighted by Crippen LogP contribution is 2.60. The number of hydrogen-bond donors (Lipinski definition) is 3. The number of carbonyl (C=O) groups excluding carboxylic acids is 2. The molecule has 1 aliphatic rings. The summed E-state index contributed by atoms with van der Waals surface area (Å²) in [4.78, 5) is 33.5. The van der Waals surface area contributed by atoms with E-state index >= 15 is 0 Å². The SMILES string of the molecule is NC(=O)c1cc2ncc(NC(=O)Nc3cnc(-n4nccn4)c(Cl)c3)c(C3(C(F)(F)F)CC3)n2n1. The summed E-state index contributed by atoms with van der Waals surface area (Å²) in [7, 11) is 0. The number of rotatable bonds is 5. The monoisotopic (exact) mass is 506 g/mol. The molecule has 1 aliphatic carbocycles. The van der Waals surface area contributed by atoms with Crippen molar-refractivity contribution < 1.29 is 22.8 Å². The highest BCUT2D eigenvalue weighted by atomic mass is 35.5. The zero-order valence-corrected chi connectivity index (χ0v) is 18.2. The van der Waals surface area contributed by atoms with E-state index in [-0.39, 0.29) is 52.1 Å². The van der Waals surface area contributed by atoms with Crippen LogP contribution in [0.25, 0.3) is 11.5 Å². The highest BCUT2D eigenvalue weighted by Gasteiger charge is 2.66. The Morgan fingerprint density at radius 3 is 2.40 bits per heavy atom. The van der Waals surface area contributed by atoms with Crippen LogP contribution in [0.15, 0.2) is 36.9 Å². The highest BCUT2D eigenvalue weighted by molar-refractivity contribution is 6.32. The van der Waals surface area contributed by atoms with E-state index in [4.69, 9.17) is 17.3 Å². The molecule has 35 heavy (non-hydrogen) atoms. The van der Waals surface area contributed by atoms with E-state index in [2.05, 4.69) is 35.9 Å². The third kappa shape index (κ3) is 3.88. The Bertz CT molecular complexity index is 1460. The van der Waals surface area contributed by atoms with Gasteiger partial charge in [-0.05, 0) is 18.9 Å². The van der Waals surface area contributed by atoms with Gasteiger partial charge in [0.2, 0.25) is 0 Å². The molecule has 5 rings (SSSR count). The molecule has 4 N–H and O–H groups in total. The van der Waals surface area contributed by atoms with Crippen LogP contribution in [0.1, 0.15) is 29.0 Å². The van der Waals surface area contributed by atoms with Gasteiger partial charge >= 0.3 is 12.2 Å². The molecular formula is C19H14ClF3N10O2. The fraction of sp³-hybridized carbons (Fsp3) is 0.211. The second-order valence-electron chi connectivity index (χ2n) is 7.69. The van der Waals surface area contributed by atoms with Crippen LogP contribution in [-0.4, -0.2) is 52.7 Å². The Balaban J connectivity index is 1.47. The van der Waals surface area contributed by atoms with E-state index in [0.717, 1.165) is 10.7 Å². The van der Waals surface area contributed by atoms with Crippen molar-refractivity contribution in [3.63, 3.8) is 0 Å². The molecule has 1 saturated carbocycles. The van der Waals surface area contributed by atoms with Crippen LogP contribution in [0.4, 0.5) is 29.3 Å². The Hall–Kier alpha value is -4.27. The number of amides is 3. The average molecular weight is 507 g/mol. The Kier molecular flexibility index (Phi) is 5.08. The van der Waals surface area contributed by atoms with Crippen molar-refractivity contribution in [2.45, 2.75) is 24.4 Å². The maximum atomic E-state index is 14.0. The van der Waals surface area contributed by atoms with Gasteiger partial charge in [0.25, 0.3) is 5.91 Å². The molecule has 0 aliphatic heterocycles. The molecule has 0 bridgehead atoms. The topological polar surface area (TPSA) is 158 Å². The predicted molar refractivity (Wildman–Crippen MR) is 115 cm³/mol. The predicted octanol–water partition coefficient (Wildman–Crippen LogP) is 2.70. The molecule has 12 nitrogen and oxygen atoms in total. The lowest BCUT2D eigenvalue weighted by Crippen LogP contribution is -2.33. The zero-order chi connectivity index (χ0) is 25.0. The number of nitrogens with zero attached hydrogens (tertiary/aromatic N) is 7. The van der Waals surface area contributed by atoms with E-state index in [0.29, 0.717) is 0 Å². The molecule has 0 aromatic carbocycles. The van der Waals surface area contributed by atoms with E-state index in [9.17, 15) is 22.8 Å². The lowest BCUT2D eigenvalue weighted by molar-refractivity contribution is -0.161. The molecule has 0 unspecified atom stereocenters. The third-order valence-corrected chi connectivity index (χ3v) is 5.70. The molecule has 4 aromatic heterocycles. The molecule has 3 amide bonds. The number of anilines is 2. The second kappa shape index (κ2) is 7.90. The zero-order valence-electron chi connectivity index (χ0n) is 17.4. The molecule has 1 fully saturated rings. The normalized spacial score (nSPS) is 14.6. The van der Waals surface area contributed by atoms with E-state index in [1.807, 2.05) is 0 Å². The third-order valence-electron chi connectivity index (χ3n) is 5.42. The van der Waals surface area contributed by atoms with Gasteiger partial charge in [-0.2, -0.15) is 28.5 Å². The minimum absolute atomic E-state index is 0.0194. The maximum absolute atomic E-state index is 14.0. The van der Waals surface area contributed by atoms with Gasteiger partial charge in [0.1, 0.15) is 5.41 Å². The summed E-state index contributed by atoms with van der Waals surface area (Å²) < 4.78 is 43.0. The van der Waals surface area contributed by atoms with Gasteiger partial charge in [-0.3, -0.25) is 4.79 Å².